The number of hydrogen-bond acceptors (Lipinski definition) is 6. The van der Waals surface area contributed by atoms with Crippen LogP contribution >= 0.6 is 11.8 Å². The van der Waals surface area contributed by atoms with E-state index in [1.807, 2.05) is 36.4 Å². The molecule has 0 aliphatic rings. The Labute approximate surface area is 264 Å². The zero-order chi connectivity index (χ0) is 31.6. The second-order valence-corrected chi connectivity index (χ2v) is 11.1. The number of rotatable bonds is 11. The van der Waals surface area contributed by atoms with Crippen molar-refractivity contribution < 1.29 is 23.6 Å². The van der Waals surface area contributed by atoms with E-state index < -0.39 is 17.1 Å². The summed E-state index contributed by atoms with van der Waals surface area (Å²) in [5.41, 5.74) is 2.78. The quantitative estimate of drug-likeness (QED) is 0.0812. The lowest BCUT2D eigenvalue weighted by molar-refractivity contribution is -0.116. The fraction of sp³-hybridized carbons (Fsp3) is 0.0556. The molecule has 0 bridgehead atoms. The minimum absolute atomic E-state index is 0.00538. The van der Waals surface area contributed by atoms with Crippen LogP contribution in [0.3, 0.4) is 0 Å². The third kappa shape index (κ3) is 8.46. The van der Waals surface area contributed by atoms with Gasteiger partial charge in [-0.1, -0.05) is 54.6 Å². The number of nitrogens with one attached hydrogen (secondary N) is 3. The van der Waals surface area contributed by atoms with Crippen LogP contribution in [0.1, 0.15) is 44.2 Å². The number of furan rings is 1. The maximum Gasteiger partial charge on any atom is 0.272 e. The number of anilines is 2. The van der Waals surface area contributed by atoms with Gasteiger partial charge in [0.05, 0.1) is 6.26 Å². The molecule has 0 saturated carbocycles. The number of carbonyl (C=O) groups excluding carboxylic acids is 4. The predicted octanol–water partition coefficient (Wildman–Crippen LogP) is 7.36. The van der Waals surface area contributed by atoms with Crippen LogP contribution in [0.5, 0.6) is 0 Å². The van der Waals surface area contributed by atoms with Crippen LogP contribution in [0.2, 0.25) is 0 Å². The molecule has 224 valence electrons. The van der Waals surface area contributed by atoms with E-state index in [1.54, 1.807) is 84.9 Å². The molecule has 8 nitrogen and oxygen atoms in total. The van der Waals surface area contributed by atoms with Crippen LogP contribution in [0, 0.1) is 0 Å². The molecule has 1 aromatic heterocycles. The molecule has 5 aromatic rings. The van der Waals surface area contributed by atoms with Crippen LogP contribution < -0.4 is 16.0 Å². The minimum atomic E-state index is -0.621. The van der Waals surface area contributed by atoms with Crippen LogP contribution in [0.4, 0.5) is 11.4 Å². The molecule has 0 aliphatic heterocycles. The molecular formula is C36H29N3O5S. The number of Topliss-reactive ketones (excluding diaryl/α,β-unsaturated/α-hetero) is 1. The summed E-state index contributed by atoms with van der Waals surface area (Å²) >= 11 is 1.32. The molecule has 9 heteroatoms. The molecule has 0 aliphatic carbocycles. The first-order valence-electron chi connectivity index (χ1n) is 14.0. The number of benzene rings is 4. The van der Waals surface area contributed by atoms with Gasteiger partial charge in [-0.15, -0.1) is 11.8 Å². The number of thioether (sulfide) groups is 1. The Morgan fingerprint density at radius 3 is 2.09 bits per heavy atom. The maximum absolute atomic E-state index is 13.5. The highest BCUT2D eigenvalue weighted by atomic mass is 32.2. The van der Waals surface area contributed by atoms with E-state index >= 15 is 0 Å². The first-order valence-corrected chi connectivity index (χ1v) is 14.9. The van der Waals surface area contributed by atoms with Gasteiger partial charge in [0.2, 0.25) is 5.91 Å². The van der Waals surface area contributed by atoms with Crippen LogP contribution in [0.15, 0.2) is 143 Å². The van der Waals surface area contributed by atoms with Crippen molar-refractivity contribution in [3.63, 3.8) is 0 Å². The van der Waals surface area contributed by atoms with E-state index in [-0.39, 0.29) is 17.4 Å². The highest BCUT2D eigenvalue weighted by Crippen LogP contribution is 2.37. The summed E-state index contributed by atoms with van der Waals surface area (Å²) in [4.78, 5) is 52.2. The Bertz CT molecular complexity index is 1820. The SMILES string of the molecule is CC(=O)c1ccc(NC(=O)C(Sc2cccc(NC(=O)/C(=C/c3ccco3)NC(=O)c3ccccc3)c2)c2ccccc2)cc1. The molecule has 3 N–H and O–H groups in total. The maximum atomic E-state index is 13.5. The lowest BCUT2D eigenvalue weighted by Crippen LogP contribution is -2.30. The first-order chi connectivity index (χ1) is 21.9. The number of amides is 3. The molecule has 0 saturated heterocycles. The highest BCUT2D eigenvalue weighted by molar-refractivity contribution is 8.00. The van der Waals surface area contributed by atoms with Crippen molar-refractivity contribution in [2.24, 2.45) is 0 Å². The summed E-state index contributed by atoms with van der Waals surface area (Å²) in [6, 6.07) is 35.1. The highest BCUT2D eigenvalue weighted by Gasteiger charge is 2.23. The monoisotopic (exact) mass is 615 g/mol. The van der Waals surface area contributed by atoms with Gasteiger partial charge in [0.25, 0.3) is 11.8 Å². The lowest BCUT2D eigenvalue weighted by atomic mass is 10.1. The molecule has 0 fully saturated rings. The summed E-state index contributed by atoms with van der Waals surface area (Å²) in [7, 11) is 0. The Balaban J connectivity index is 1.34. The van der Waals surface area contributed by atoms with Gasteiger partial charge in [-0.05, 0) is 79.2 Å². The Hall–Kier alpha value is -5.67. The summed E-state index contributed by atoms with van der Waals surface area (Å²) in [5, 5.41) is 7.85. The Kier molecular flexibility index (Phi) is 10.0. The van der Waals surface area contributed by atoms with Gasteiger partial charge in [-0.2, -0.15) is 0 Å². The molecule has 1 heterocycles. The molecule has 0 radical (unpaired) electrons. The number of carbonyl (C=O) groups is 4. The van der Waals surface area contributed by atoms with Crippen molar-refractivity contribution in [3.8, 4) is 0 Å². The van der Waals surface area contributed by atoms with Crippen molar-refractivity contribution in [1.29, 1.82) is 0 Å². The van der Waals surface area contributed by atoms with Crippen molar-refractivity contribution in [1.82, 2.24) is 5.32 Å². The normalized spacial score (nSPS) is 11.7. The van der Waals surface area contributed by atoms with Crippen molar-refractivity contribution in [3.05, 3.63) is 156 Å². The fourth-order valence-electron chi connectivity index (χ4n) is 4.34. The first kappa shape index (κ1) is 30.8. The van der Waals surface area contributed by atoms with Crippen molar-refractivity contribution in [2.45, 2.75) is 17.1 Å². The summed E-state index contributed by atoms with van der Waals surface area (Å²) in [5.74, 6) is -0.904. The zero-order valence-corrected chi connectivity index (χ0v) is 25.0. The third-order valence-corrected chi connectivity index (χ3v) is 7.85. The molecule has 4 aromatic carbocycles. The topological polar surface area (TPSA) is 118 Å². The Morgan fingerprint density at radius 1 is 0.711 bits per heavy atom. The summed E-state index contributed by atoms with van der Waals surface area (Å²) < 4.78 is 5.37. The molecule has 3 amide bonds. The van der Waals surface area contributed by atoms with Crippen molar-refractivity contribution in [2.75, 3.05) is 10.6 Å². The van der Waals surface area contributed by atoms with E-state index in [2.05, 4.69) is 16.0 Å². The fourth-order valence-corrected chi connectivity index (χ4v) is 5.42. The average molecular weight is 616 g/mol. The van der Waals surface area contributed by atoms with Gasteiger partial charge in [0, 0.05) is 33.5 Å². The van der Waals surface area contributed by atoms with Crippen LogP contribution in [-0.4, -0.2) is 23.5 Å². The van der Waals surface area contributed by atoms with E-state index in [4.69, 9.17) is 4.42 Å². The van der Waals surface area contributed by atoms with E-state index in [1.165, 1.54) is 31.0 Å². The lowest BCUT2D eigenvalue weighted by Gasteiger charge is -2.18. The summed E-state index contributed by atoms with van der Waals surface area (Å²) in [6.07, 6.45) is 2.93. The molecule has 1 unspecified atom stereocenters. The molecule has 5 rings (SSSR count). The predicted molar refractivity (Wildman–Crippen MR) is 176 cm³/mol. The molecule has 45 heavy (non-hydrogen) atoms. The smallest absolute Gasteiger partial charge is 0.272 e. The molecule has 1 atom stereocenters. The van der Waals surface area contributed by atoms with E-state index in [9.17, 15) is 19.2 Å². The average Bonchev–Trinajstić information content (AvgIpc) is 3.58. The van der Waals surface area contributed by atoms with Gasteiger partial charge >= 0.3 is 0 Å². The van der Waals surface area contributed by atoms with Crippen LogP contribution in [-0.2, 0) is 9.59 Å². The Morgan fingerprint density at radius 2 is 1.42 bits per heavy atom. The van der Waals surface area contributed by atoms with Crippen molar-refractivity contribution >= 4 is 52.7 Å². The molecular weight excluding hydrogens is 586 g/mol. The van der Waals surface area contributed by atoms with E-state index in [0.717, 1.165) is 10.5 Å². The number of ketones is 1. The largest absolute Gasteiger partial charge is 0.465 e. The minimum Gasteiger partial charge on any atom is -0.465 e. The van der Waals surface area contributed by atoms with Gasteiger partial charge in [-0.25, -0.2) is 0 Å². The standard InChI is InChI=1S/C36H29N3O5S/c1-24(40)25-17-19-28(20-18-25)37-36(43)33(26-10-4-2-5-11-26)45-31-16-8-14-29(22-31)38-35(42)32(23-30-15-9-21-44-30)39-34(41)27-12-6-3-7-13-27/h2-23,33H,1H3,(H,37,43)(H,38,42)(H,39,41)/b32-23-. The van der Waals surface area contributed by atoms with Gasteiger partial charge < -0.3 is 20.4 Å². The third-order valence-electron chi connectivity index (χ3n) is 6.60. The van der Waals surface area contributed by atoms with E-state index in [0.29, 0.717) is 28.3 Å². The van der Waals surface area contributed by atoms with Gasteiger partial charge in [0.1, 0.15) is 16.7 Å². The van der Waals surface area contributed by atoms with Gasteiger partial charge in [0.15, 0.2) is 5.78 Å². The second-order valence-electron chi connectivity index (χ2n) is 9.91. The zero-order valence-electron chi connectivity index (χ0n) is 24.2. The number of hydrogen-bond donors (Lipinski definition) is 3. The molecule has 0 spiro atoms. The van der Waals surface area contributed by atoms with Crippen LogP contribution in [0.25, 0.3) is 6.08 Å². The second kappa shape index (κ2) is 14.7. The van der Waals surface area contributed by atoms with Gasteiger partial charge in [-0.3, -0.25) is 19.2 Å². The summed E-state index contributed by atoms with van der Waals surface area (Å²) in [6.45, 7) is 1.49.